The van der Waals surface area contributed by atoms with Crippen molar-refractivity contribution in [3.05, 3.63) is 108 Å². The van der Waals surface area contributed by atoms with E-state index >= 15 is 0 Å². The first-order valence-electron chi connectivity index (χ1n) is 8.93. The maximum atomic E-state index is 13.1. The summed E-state index contributed by atoms with van der Waals surface area (Å²) in [6, 6.07) is 20.4. The van der Waals surface area contributed by atoms with E-state index in [1.807, 2.05) is 18.2 Å². The maximum absolute atomic E-state index is 13.1. The fourth-order valence-corrected chi connectivity index (χ4v) is 2.85. The molecule has 0 atom stereocenters. The summed E-state index contributed by atoms with van der Waals surface area (Å²) in [6.45, 7) is 0.270. The van der Waals surface area contributed by atoms with Crippen LogP contribution in [-0.2, 0) is 6.61 Å². The van der Waals surface area contributed by atoms with Crippen molar-refractivity contribution < 1.29 is 18.3 Å². The highest BCUT2D eigenvalue weighted by atomic mass is 19.1. The molecule has 4 aromatic rings. The van der Waals surface area contributed by atoms with E-state index in [4.69, 9.17) is 4.74 Å². The lowest BCUT2D eigenvalue weighted by molar-refractivity contribution is 0.0945. The van der Waals surface area contributed by atoms with Gasteiger partial charge in [-0.05, 0) is 60.2 Å². The molecule has 0 radical (unpaired) electrons. The minimum Gasteiger partial charge on any atom is -0.488 e. The van der Waals surface area contributed by atoms with E-state index in [1.165, 1.54) is 41.1 Å². The highest BCUT2D eigenvalue weighted by Crippen LogP contribution is 2.29. The number of rotatable bonds is 5. The topological polar surface area (TPSA) is 44.1 Å². The van der Waals surface area contributed by atoms with Crippen LogP contribution in [0.3, 0.4) is 0 Å². The third-order valence-corrected chi connectivity index (χ3v) is 4.36. The van der Waals surface area contributed by atoms with Gasteiger partial charge in [0.1, 0.15) is 24.0 Å². The van der Waals surface area contributed by atoms with Crippen LogP contribution in [0.1, 0.15) is 15.9 Å². The molecular formula is C23H16F2N2O2. The zero-order valence-corrected chi connectivity index (χ0v) is 15.3. The van der Waals surface area contributed by atoms with Crippen LogP contribution in [0, 0.1) is 11.6 Å². The Bertz CT molecular complexity index is 1140. The zero-order valence-electron chi connectivity index (χ0n) is 15.3. The second-order valence-electron chi connectivity index (χ2n) is 6.37. The third kappa shape index (κ3) is 4.21. The van der Waals surface area contributed by atoms with Crippen LogP contribution in [0.4, 0.5) is 8.78 Å². The Morgan fingerprint density at radius 2 is 1.52 bits per heavy atom. The van der Waals surface area contributed by atoms with E-state index in [-0.39, 0.29) is 18.3 Å². The average Bonchev–Trinajstić information content (AvgIpc) is 3.24. The highest BCUT2D eigenvalue weighted by molar-refractivity contribution is 5.95. The molecule has 0 amide bonds. The van der Waals surface area contributed by atoms with Crippen molar-refractivity contribution in [3.63, 3.8) is 0 Å². The quantitative estimate of drug-likeness (QED) is 0.476. The molecule has 3 aromatic carbocycles. The largest absolute Gasteiger partial charge is 0.488 e. The number of hydrogen-bond donors (Lipinski definition) is 0. The van der Waals surface area contributed by atoms with Crippen molar-refractivity contribution in [3.8, 4) is 17.0 Å². The van der Waals surface area contributed by atoms with Gasteiger partial charge in [0.25, 0.3) is 5.91 Å². The molecule has 6 heteroatoms. The van der Waals surface area contributed by atoms with E-state index in [2.05, 4.69) is 5.10 Å². The van der Waals surface area contributed by atoms with Gasteiger partial charge in [0.15, 0.2) is 0 Å². The smallest absolute Gasteiger partial charge is 0.278 e. The lowest BCUT2D eigenvalue weighted by Gasteiger charge is -2.10. The fourth-order valence-electron chi connectivity index (χ4n) is 2.85. The summed E-state index contributed by atoms with van der Waals surface area (Å²) in [6.07, 6.45) is 1.55. The van der Waals surface area contributed by atoms with E-state index in [9.17, 15) is 13.6 Å². The number of hydrogen-bond acceptors (Lipinski definition) is 3. The minimum absolute atomic E-state index is 0.270. The standard InChI is InChI=1S/C23H16F2N2O2/c24-18-9-5-16(6-10-18)15-29-22-4-2-1-3-20(22)21-13-14-27(26-21)23(28)17-7-11-19(25)12-8-17/h1-14H,15H2. The molecule has 4 rings (SSSR count). The number of para-hydroxylation sites is 1. The number of halogens is 2. The van der Waals surface area contributed by atoms with Crippen molar-refractivity contribution in [2.75, 3.05) is 0 Å². The van der Waals surface area contributed by atoms with Crippen LogP contribution < -0.4 is 4.74 Å². The summed E-state index contributed by atoms with van der Waals surface area (Å²) in [4.78, 5) is 12.5. The summed E-state index contributed by atoms with van der Waals surface area (Å²) in [7, 11) is 0. The Morgan fingerprint density at radius 1 is 0.862 bits per heavy atom. The van der Waals surface area contributed by atoms with E-state index in [0.29, 0.717) is 17.0 Å². The molecule has 0 aliphatic heterocycles. The Hall–Kier alpha value is -3.80. The lowest BCUT2D eigenvalue weighted by Crippen LogP contribution is -2.12. The molecule has 0 saturated heterocycles. The molecule has 0 N–H and O–H groups in total. The van der Waals surface area contributed by atoms with Gasteiger partial charge in [-0.25, -0.2) is 13.5 Å². The van der Waals surface area contributed by atoms with Crippen molar-refractivity contribution in [2.24, 2.45) is 0 Å². The number of nitrogens with zero attached hydrogens (tertiary/aromatic N) is 2. The Kier molecular flexibility index (Phi) is 5.16. The van der Waals surface area contributed by atoms with E-state index < -0.39 is 5.82 Å². The van der Waals surface area contributed by atoms with Crippen molar-refractivity contribution in [1.29, 1.82) is 0 Å². The first kappa shape index (κ1) is 18.6. The van der Waals surface area contributed by atoms with Gasteiger partial charge >= 0.3 is 0 Å². The number of aromatic nitrogens is 2. The fraction of sp³-hybridized carbons (Fsp3) is 0.0435. The van der Waals surface area contributed by atoms with E-state index in [1.54, 1.807) is 30.5 Å². The number of benzene rings is 3. The summed E-state index contributed by atoms with van der Waals surface area (Å²) in [5, 5.41) is 4.35. The normalized spacial score (nSPS) is 10.7. The summed E-state index contributed by atoms with van der Waals surface area (Å²) < 4.78 is 33.2. The predicted octanol–water partition coefficient (Wildman–Crippen LogP) is 5.10. The van der Waals surface area contributed by atoms with Crippen LogP contribution in [0.5, 0.6) is 5.75 Å². The monoisotopic (exact) mass is 390 g/mol. The second kappa shape index (κ2) is 8.06. The van der Waals surface area contributed by atoms with Gasteiger partial charge in [-0.1, -0.05) is 24.3 Å². The molecular weight excluding hydrogens is 374 g/mol. The lowest BCUT2D eigenvalue weighted by atomic mass is 10.1. The van der Waals surface area contributed by atoms with Crippen LogP contribution >= 0.6 is 0 Å². The molecule has 0 fully saturated rings. The van der Waals surface area contributed by atoms with Crippen LogP contribution in [0.25, 0.3) is 11.3 Å². The van der Waals surface area contributed by atoms with Crippen molar-refractivity contribution in [1.82, 2.24) is 9.78 Å². The third-order valence-electron chi connectivity index (χ3n) is 4.36. The summed E-state index contributed by atoms with van der Waals surface area (Å²) in [5.74, 6) is -0.474. The van der Waals surface area contributed by atoms with Gasteiger partial charge in [-0.15, -0.1) is 0 Å². The van der Waals surface area contributed by atoms with Gasteiger partial charge in [-0.3, -0.25) is 4.79 Å². The Labute approximate surface area is 166 Å². The molecule has 29 heavy (non-hydrogen) atoms. The minimum atomic E-state index is -0.407. The first-order chi connectivity index (χ1) is 14.1. The second-order valence-corrected chi connectivity index (χ2v) is 6.37. The maximum Gasteiger partial charge on any atom is 0.278 e. The predicted molar refractivity (Wildman–Crippen MR) is 105 cm³/mol. The number of carbonyl (C=O) groups excluding carboxylic acids is 1. The molecule has 144 valence electrons. The molecule has 0 bridgehead atoms. The Morgan fingerprint density at radius 3 is 2.24 bits per heavy atom. The molecule has 0 unspecified atom stereocenters. The van der Waals surface area contributed by atoms with Gasteiger partial charge in [-0.2, -0.15) is 5.10 Å². The molecule has 0 aliphatic carbocycles. The van der Waals surface area contributed by atoms with Gasteiger partial charge in [0.05, 0.1) is 5.69 Å². The van der Waals surface area contributed by atoms with Crippen LogP contribution in [-0.4, -0.2) is 15.7 Å². The van der Waals surface area contributed by atoms with Crippen LogP contribution in [0.15, 0.2) is 85.1 Å². The van der Waals surface area contributed by atoms with Crippen molar-refractivity contribution >= 4 is 5.91 Å². The number of ether oxygens (including phenoxy) is 1. The molecule has 0 spiro atoms. The zero-order chi connectivity index (χ0) is 20.2. The molecule has 0 saturated carbocycles. The Balaban J connectivity index is 1.55. The van der Waals surface area contributed by atoms with Crippen molar-refractivity contribution in [2.45, 2.75) is 6.61 Å². The first-order valence-corrected chi connectivity index (χ1v) is 8.93. The van der Waals surface area contributed by atoms with Gasteiger partial charge in [0, 0.05) is 17.3 Å². The van der Waals surface area contributed by atoms with Gasteiger partial charge in [0.2, 0.25) is 0 Å². The van der Waals surface area contributed by atoms with Crippen LogP contribution in [0.2, 0.25) is 0 Å². The average molecular weight is 390 g/mol. The molecule has 1 heterocycles. The molecule has 1 aromatic heterocycles. The molecule has 4 nitrogen and oxygen atoms in total. The SMILES string of the molecule is O=C(c1ccc(F)cc1)n1ccc(-c2ccccc2OCc2ccc(F)cc2)n1. The highest BCUT2D eigenvalue weighted by Gasteiger charge is 2.14. The molecule has 0 aliphatic rings. The summed E-state index contributed by atoms with van der Waals surface area (Å²) in [5.41, 5.74) is 2.45. The van der Waals surface area contributed by atoms with Gasteiger partial charge < -0.3 is 4.74 Å². The summed E-state index contributed by atoms with van der Waals surface area (Å²) >= 11 is 0. The van der Waals surface area contributed by atoms with E-state index in [0.717, 1.165) is 11.1 Å². The number of carbonyl (C=O) groups is 1.